The largest absolute Gasteiger partial charge is 0.339 e. The normalized spacial score (nSPS) is 16.9. The number of nitrogens with one attached hydrogen (secondary N) is 1. The number of hydrogen-bond donors (Lipinski definition) is 1. The third-order valence-corrected chi connectivity index (χ3v) is 6.98. The predicted octanol–water partition coefficient (Wildman–Crippen LogP) is 1.63. The van der Waals surface area contributed by atoms with Gasteiger partial charge in [0.05, 0.1) is 11.0 Å². The van der Waals surface area contributed by atoms with Crippen molar-refractivity contribution < 1.29 is 13.2 Å². The number of carbonyl (C=O) groups excluding carboxylic acids is 1. The second-order valence-electron chi connectivity index (χ2n) is 6.74. The Balaban J connectivity index is 1.66. The van der Waals surface area contributed by atoms with Gasteiger partial charge in [-0.3, -0.25) is 4.79 Å². The Hall–Kier alpha value is -1.96. The molecule has 130 valence electrons. The van der Waals surface area contributed by atoms with E-state index in [9.17, 15) is 13.2 Å². The van der Waals surface area contributed by atoms with E-state index in [2.05, 4.69) is 15.4 Å². The van der Waals surface area contributed by atoms with Gasteiger partial charge in [0, 0.05) is 18.7 Å². The molecule has 0 aliphatic carbocycles. The molecule has 7 nitrogen and oxygen atoms in total. The van der Waals surface area contributed by atoms with Gasteiger partial charge < -0.3 is 4.90 Å². The first kappa shape index (κ1) is 16.9. The van der Waals surface area contributed by atoms with Gasteiger partial charge in [0.1, 0.15) is 11.0 Å². The quantitative estimate of drug-likeness (QED) is 0.904. The lowest BCUT2D eigenvalue weighted by atomic mass is 10.1. The monoisotopic (exact) mass is 350 g/mol. The van der Waals surface area contributed by atoms with E-state index >= 15 is 0 Å². The lowest BCUT2D eigenvalue weighted by Gasteiger charge is -2.32. The van der Waals surface area contributed by atoms with Crippen LogP contribution in [-0.4, -0.2) is 58.7 Å². The highest BCUT2D eigenvalue weighted by atomic mass is 32.2. The Morgan fingerprint density at radius 3 is 2.58 bits per heavy atom. The topological polar surface area (TPSA) is 96.0 Å². The van der Waals surface area contributed by atoms with Gasteiger partial charge in [-0.15, -0.1) is 0 Å². The van der Waals surface area contributed by atoms with E-state index in [1.54, 1.807) is 23.1 Å². The number of sulfone groups is 1. The van der Waals surface area contributed by atoms with E-state index in [4.69, 9.17) is 0 Å². The molecule has 24 heavy (non-hydrogen) atoms. The molecule has 0 bridgehead atoms. The number of rotatable bonds is 4. The number of H-pyrrole nitrogens is 1. The first-order valence-electron chi connectivity index (χ1n) is 8.18. The number of nitrogens with zero attached hydrogens (tertiary/aromatic N) is 3. The lowest BCUT2D eigenvalue weighted by Crippen LogP contribution is -2.43. The van der Waals surface area contributed by atoms with Crippen molar-refractivity contribution in [2.24, 2.45) is 5.92 Å². The molecule has 1 aliphatic heterocycles. The molecule has 1 fully saturated rings. The van der Waals surface area contributed by atoms with Gasteiger partial charge in [0.15, 0.2) is 9.84 Å². The highest BCUT2D eigenvalue weighted by Gasteiger charge is 2.32. The summed E-state index contributed by atoms with van der Waals surface area (Å²) in [7, 11) is -3.08. The van der Waals surface area contributed by atoms with E-state index in [0.717, 1.165) is 0 Å². The minimum absolute atomic E-state index is 0.0837. The zero-order valence-corrected chi connectivity index (χ0v) is 14.7. The van der Waals surface area contributed by atoms with Crippen LogP contribution in [0.5, 0.6) is 0 Å². The molecule has 0 radical (unpaired) electrons. The van der Waals surface area contributed by atoms with Crippen LogP contribution in [0.25, 0.3) is 11.0 Å². The second-order valence-corrected chi connectivity index (χ2v) is 9.07. The minimum atomic E-state index is -3.08. The lowest BCUT2D eigenvalue weighted by molar-refractivity contribution is 0.0725. The average Bonchev–Trinajstić information content (AvgIpc) is 3.00. The van der Waals surface area contributed by atoms with Gasteiger partial charge in [0.25, 0.3) is 5.91 Å². The summed E-state index contributed by atoms with van der Waals surface area (Å²) in [5, 5.41) is 10.2. The van der Waals surface area contributed by atoms with Crippen LogP contribution >= 0.6 is 0 Å². The molecule has 8 heteroatoms. The number of aromatic amines is 1. The fourth-order valence-corrected chi connectivity index (χ4v) is 5.31. The number of likely N-dealkylation sites (tertiary alicyclic amines) is 1. The average molecular weight is 350 g/mol. The number of amides is 1. The molecule has 1 aromatic heterocycles. The number of hydrogen-bond acceptors (Lipinski definition) is 5. The fourth-order valence-electron chi connectivity index (χ4n) is 3.17. The molecule has 2 heterocycles. The van der Waals surface area contributed by atoms with E-state index < -0.39 is 9.84 Å². The van der Waals surface area contributed by atoms with Gasteiger partial charge >= 0.3 is 0 Å². The zero-order valence-electron chi connectivity index (χ0n) is 13.9. The summed E-state index contributed by atoms with van der Waals surface area (Å²) in [4.78, 5) is 14.3. The molecule has 0 atom stereocenters. The molecule has 2 aromatic rings. The SMILES string of the molecule is CC(C)CS(=O)(=O)C1CCN(C(=O)c2ccc3n[nH]nc3c2)CC1. The Bertz CT molecular complexity index is 836. The minimum Gasteiger partial charge on any atom is -0.339 e. The molecule has 1 aromatic carbocycles. The van der Waals surface area contributed by atoms with E-state index in [0.29, 0.717) is 42.5 Å². The summed E-state index contributed by atoms with van der Waals surface area (Å²) < 4.78 is 24.7. The number of piperidine rings is 1. The molecule has 0 unspecified atom stereocenters. The Labute approximate surface area is 141 Å². The zero-order chi connectivity index (χ0) is 17.3. The number of fused-ring (bicyclic) bond motifs is 1. The van der Waals surface area contributed by atoms with Crippen molar-refractivity contribution in [1.82, 2.24) is 20.3 Å². The Morgan fingerprint density at radius 1 is 1.25 bits per heavy atom. The Kier molecular flexibility index (Phi) is 4.58. The summed E-state index contributed by atoms with van der Waals surface area (Å²) in [6.07, 6.45) is 1.01. The van der Waals surface area contributed by atoms with Gasteiger partial charge in [-0.05, 0) is 37.0 Å². The second kappa shape index (κ2) is 6.51. The number of aromatic nitrogens is 3. The molecule has 1 amide bonds. The highest BCUT2D eigenvalue weighted by Crippen LogP contribution is 2.22. The maximum absolute atomic E-state index is 12.6. The first-order chi connectivity index (χ1) is 11.4. The molecule has 1 aliphatic rings. The van der Waals surface area contributed by atoms with Crippen LogP contribution < -0.4 is 0 Å². The molecule has 1 N–H and O–H groups in total. The van der Waals surface area contributed by atoms with Gasteiger partial charge in [0.2, 0.25) is 0 Å². The van der Waals surface area contributed by atoms with Crippen molar-refractivity contribution in [2.45, 2.75) is 31.9 Å². The van der Waals surface area contributed by atoms with Crippen molar-refractivity contribution >= 4 is 26.8 Å². The Morgan fingerprint density at radius 2 is 1.92 bits per heavy atom. The maximum atomic E-state index is 12.6. The smallest absolute Gasteiger partial charge is 0.253 e. The maximum Gasteiger partial charge on any atom is 0.253 e. The predicted molar refractivity (Wildman–Crippen MR) is 91.4 cm³/mol. The number of carbonyl (C=O) groups is 1. The van der Waals surface area contributed by atoms with Crippen molar-refractivity contribution in [3.8, 4) is 0 Å². The van der Waals surface area contributed by atoms with Crippen LogP contribution in [-0.2, 0) is 9.84 Å². The van der Waals surface area contributed by atoms with Crippen molar-refractivity contribution in [1.29, 1.82) is 0 Å². The van der Waals surface area contributed by atoms with Crippen LogP contribution in [0.3, 0.4) is 0 Å². The molecule has 1 saturated heterocycles. The van der Waals surface area contributed by atoms with Gasteiger partial charge in [-0.1, -0.05) is 13.8 Å². The van der Waals surface area contributed by atoms with Crippen LogP contribution in [0.1, 0.15) is 37.0 Å². The molecule has 0 saturated carbocycles. The van der Waals surface area contributed by atoms with Crippen molar-refractivity contribution in [2.75, 3.05) is 18.8 Å². The standard InChI is InChI=1S/C16H22N4O3S/c1-11(2)10-24(22,23)13-5-7-20(8-6-13)16(21)12-3-4-14-15(9-12)18-19-17-14/h3-4,9,11,13H,5-8,10H2,1-2H3,(H,17,18,19). The van der Waals surface area contributed by atoms with Crippen LogP contribution in [0, 0.1) is 5.92 Å². The van der Waals surface area contributed by atoms with E-state index in [-0.39, 0.29) is 22.8 Å². The summed E-state index contributed by atoms with van der Waals surface area (Å²) in [6, 6.07) is 5.20. The summed E-state index contributed by atoms with van der Waals surface area (Å²) in [6.45, 7) is 4.77. The van der Waals surface area contributed by atoms with Crippen LogP contribution in [0.15, 0.2) is 18.2 Å². The van der Waals surface area contributed by atoms with E-state index in [1.165, 1.54) is 0 Å². The molecule has 0 spiro atoms. The molecular formula is C16H22N4O3S. The molecular weight excluding hydrogens is 328 g/mol. The third kappa shape index (κ3) is 3.43. The van der Waals surface area contributed by atoms with Crippen LogP contribution in [0.4, 0.5) is 0 Å². The van der Waals surface area contributed by atoms with Gasteiger partial charge in [-0.25, -0.2) is 8.42 Å². The highest BCUT2D eigenvalue weighted by molar-refractivity contribution is 7.92. The molecule has 3 rings (SSSR count). The van der Waals surface area contributed by atoms with Crippen molar-refractivity contribution in [3.63, 3.8) is 0 Å². The first-order valence-corrected chi connectivity index (χ1v) is 9.90. The third-order valence-electron chi connectivity index (χ3n) is 4.37. The van der Waals surface area contributed by atoms with Crippen LogP contribution in [0.2, 0.25) is 0 Å². The summed E-state index contributed by atoms with van der Waals surface area (Å²) >= 11 is 0. The fraction of sp³-hybridized carbons (Fsp3) is 0.562. The summed E-state index contributed by atoms with van der Waals surface area (Å²) in [5.41, 5.74) is 1.92. The van der Waals surface area contributed by atoms with Gasteiger partial charge in [-0.2, -0.15) is 15.4 Å². The number of benzene rings is 1. The van der Waals surface area contributed by atoms with Crippen molar-refractivity contribution in [3.05, 3.63) is 23.8 Å². The summed E-state index contributed by atoms with van der Waals surface area (Å²) in [5.74, 6) is 0.262. The van der Waals surface area contributed by atoms with E-state index in [1.807, 2.05) is 13.8 Å².